The van der Waals surface area contributed by atoms with Crippen molar-refractivity contribution in [2.24, 2.45) is 0 Å². The summed E-state index contributed by atoms with van der Waals surface area (Å²) in [5, 5.41) is 7.01. The van der Waals surface area contributed by atoms with Crippen molar-refractivity contribution in [1.82, 2.24) is 14.8 Å². The predicted molar refractivity (Wildman–Crippen MR) is 108 cm³/mol. The van der Waals surface area contributed by atoms with Gasteiger partial charge in [-0.15, -0.1) is 0 Å². The molecule has 0 aliphatic rings. The molecule has 0 unspecified atom stereocenters. The number of rotatable bonds is 3. The number of hydrogen-bond acceptors (Lipinski definition) is 3. The smallest absolute Gasteiger partial charge is 0.119 e. The number of methoxy groups -OCH3 is 1. The van der Waals surface area contributed by atoms with Gasteiger partial charge in [0.05, 0.1) is 23.8 Å². The Hall–Kier alpha value is -3.66. The summed E-state index contributed by atoms with van der Waals surface area (Å²) in [5.41, 5.74) is 4.96. The van der Waals surface area contributed by atoms with Crippen LogP contribution in [-0.2, 0) is 0 Å². The molecule has 0 fully saturated rings. The van der Waals surface area contributed by atoms with E-state index in [4.69, 9.17) is 9.84 Å². The van der Waals surface area contributed by atoms with Crippen molar-refractivity contribution in [3.8, 4) is 22.7 Å². The Balaban J connectivity index is 1.93. The zero-order valence-corrected chi connectivity index (χ0v) is 14.8. The van der Waals surface area contributed by atoms with Crippen molar-refractivity contribution >= 4 is 21.8 Å². The van der Waals surface area contributed by atoms with Crippen LogP contribution >= 0.6 is 0 Å². The highest BCUT2D eigenvalue weighted by Crippen LogP contribution is 2.34. The summed E-state index contributed by atoms with van der Waals surface area (Å²) in [4.78, 5) is 4.67. The molecule has 0 saturated heterocycles. The van der Waals surface area contributed by atoms with Gasteiger partial charge in [-0.05, 0) is 30.3 Å². The minimum absolute atomic E-state index is 0.805. The molecule has 0 spiro atoms. The van der Waals surface area contributed by atoms with E-state index < -0.39 is 0 Å². The van der Waals surface area contributed by atoms with Crippen LogP contribution in [0.25, 0.3) is 38.8 Å². The molecule has 2 aromatic heterocycles. The van der Waals surface area contributed by atoms with E-state index in [-0.39, 0.29) is 0 Å². The molecule has 0 aliphatic heterocycles. The molecule has 3 aromatic carbocycles. The second-order valence-electron chi connectivity index (χ2n) is 6.37. The van der Waals surface area contributed by atoms with Gasteiger partial charge in [0.1, 0.15) is 11.4 Å². The van der Waals surface area contributed by atoms with Gasteiger partial charge < -0.3 is 4.74 Å². The molecule has 2 heterocycles. The minimum atomic E-state index is 0.805. The Morgan fingerprint density at radius 2 is 1.56 bits per heavy atom. The first-order chi connectivity index (χ1) is 13.3. The van der Waals surface area contributed by atoms with E-state index in [2.05, 4.69) is 29.2 Å². The molecule has 0 aliphatic carbocycles. The highest BCUT2D eigenvalue weighted by Gasteiger charge is 2.17. The first-order valence-electron chi connectivity index (χ1n) is 8.81. The maximum Gasteiger partial charge on any atom is 0.119 e. The number of aromatic nitrogens is 3. The molecule has 0 saturated carbocycles. The van der Waals surface area contributed by atoms with Crippen molar-refractivity contribution in [1.29, 1.82) is 0 Å². The maximum absolute atomic E-state index is 5.45. The fourth-order valence-corrected chi connectivity index (χ4v) is 3.46. The van der Waals surface area contributed by atoms with E-state index in [0.29, 0.717) is 0 Å². The fraction of sp³-hybridized carbons (Fsp3) is 0.0435. The van der Waals surface area contributed by atoms with E-state index in [0.717, 1.165) is 44.5 Å². The summed E-state index contributed by atoms with van der Waals surface area (Å²) in [6.45, 7) is 0. The summed E-state index contributed by atoms with van der Waals surface area (Å²) in [6, 6.07) is 26.3. The molecule has 4 heteroatoms. The molecule has 0 bridgehead atoms. The van der Waals surface area contributed by atoms with E-state index in [1.54, 1.807) is 7.11 Å². The third kappa shape index (κ3) is 2.54. The van der Waals surface area contributed by atoms with E-state index in [1.165, 1.54) is 0 Å². The number of nitrogens with zero attached hydrogens (tertiary/aromatic N) is 3. The van der Waals surface area contributed by atoms with Crippen molar-refractivity contribution in [2.75, 3.05) is 7.11 Å². The average Bonchev–Trinajstić information content (AvgIpc) is 3.15. The van der Waals surface area contributed by atoms with Gasteiger partial charge in [-0.3, -0.25) is 4.98 Å². The summed E-state index contributed by atoms with van der Waals surface area (Å²) < 4.78 is 7.45. The third-order valence-electron chi connectivity index (χ3n) is 4.76. The van der Waals surface area contributed by atoms with Gasteiger partial charge in [0.2, 0.25) is 0 Å². The van der Waals surface area contributed by atoms with Gasteiger partial charge in [0, 0.05) is 22.5 Å². The van der Waals surface area contributed by atoms with Gasteiger partial charge in [-0.1, -0.05) is 48.5 Å². The van der Waals surface area contributed by atoms with Crippen LogP contribution in [0.2, 0.25) is 0 Å². The number of benzene rings is 3. The van der Waals surface area contributed by atoms with E-state index in [9.17, 15) is 0 Å². The van der Waals surface area contributed by atoms with Gasteiger partial charge >= 0.3 is 0 Å². The molecular formula is C23H17N3O. The third-order valence-corrected chi connectivity index (χ3v) is 4.76. The van der Waals surface area contributed by atoms with Gasteiger partial charge in [0.25, 0.3) is 0 Å². The highest BCUT2D eigenvalue weighted by atomic mass is 16.5. The van der Waals surface area contributed by atoms with Gasteiger partial charge in [0.15, 0.2) is 0 Å². The molecule has 0 amide bonds. The fourth-order valence-electron chi connectivity index (χ4n) is 3.46. The van der Waals surface area contributed by atoms with Crippen LogP contribution < -0.4 is 4.74 Å². The summed E-state index contributed by atoms with van der Waals surface area (Å²) in [6.07, 6.45) is 1.92. The molecule has 4 nitrogen and oxygen atoms in total. The lowest BCUT2D eigenvalue weighted by Gasteiger charge is -2.07. The Morgan fingerprint density at radius 1 is 0.815 bits per heavy atom. The Labute approximate surface area is 156 Å². The SMILES string of the molecule is COc1ccc2ncc3c(-c4ccccc4)nn(-c4ccccc4)c3c2c1. The van der Waals surface area contributed by atoms with Crippen molar-refractivity contribution in [2.45, 2.75) is 0 Å². The number of pyridine rings is 1. The lowest BCUT2D eigenvalue weighted by atomic mass is 10.1. The van der Waals surface area contributed by atoms with Crippen LogP contribution in [-0.4, -0.2) is 21.9 Å². The Kier molecular flexibility index (Phi) is 3.61. The molecule has 0 atom stereocenters. The van der Waals surface area contributed by atoms with Crippen LogP contribution in [0.5, 0.6) is 5.75 Å². The Morgan fingerprint density at radius 3 is 2.30 bits per heavy atom. The van der Waals surface area contributed by atoms with Crippen molar-refractivity contribution in [3.05, 3.63) is 85.1 Å². The topological polar surface area (TPSA) is 39.9 Å². The molecule has 27 heavy (non-hydrogen) atoms. The summed E-state index contributed by atoms with van der Waals surface area (Å²) in [5.74, 6) is 0.805. The number of para-hydroxylation sites is 1. The molecule has 0 N–H and O–H groups in total. The standard InChI is InChI=1S/C23H17N3O/c1-27-18-12-13-21-19(14-18)23-20(15-24-21)22(16-8-4-2-5-9-16)25-26(23)17-10-6-3-7-11-17/h2-15H,1H3. The minimum Gasteiger partial charge on any atom is -0.497 e. The number of fused-ring (bicyclic) bond motifs is 3. The first-order valence-corrected chi connectivity index (χ1v) is 8.81. The number of hydrogen-bond donors (Lipinski definition) is 0. The van der Waals surface area contributed by atoms with Crippen molar-refractivity contribution in [3.63, 3.8) is 0 Å². The van der Waals surface area contributed by atoms with Crippen molar-refractivity contribution < 1.29 is 4.74 Å². The molecule has 5 rings (SSSR count). The monoisotopic (exact) mass is 351 g/mol. The van der Waals surface area contributed by atoms with Crippen LogP contribution in [0, 0.1) is 0 Å². The zero-order chi connectivity index (χ0) is 18.2. The summed E-state index contributed by atoms with van der Waals surface area (Å²) >= 11 is 0. The lowest BCUT2D eigenvalue weighted by Crippen LogP contribution is -1.97. The normalized spacial score (nSPS) is 11.1. The van der Waals surface area contributed by atoms with Crippen LogP contribution in [0.4, 0.5) is 0 Å². The Bertz CT molecular complexity index is 1240. The second-order valence-corrected chi connectivity index (χ2v) is 6.37. The molecule has 130 valence electrons. The van der Waals surface area contributed by atoms with E-state index in [1.807, 2.05) is 65.5 Å². The second kappa shape index (κ2) is 6.25. The molecule has 0 radical (unpaired) electrons. The largest absolute Gasteiger partial charge is 0.497 e. The van der Waals surface area contributed by atoms with E-state index >= 15 is 0 Å². The maximum atomic E-state index is 5.45. The lowest BCUT2D eigenvalue weighted by molar-refractivity contribution is 0.415. The highest BCUT2D eigenvalue weighted by molar-refractivity contribution is 6.09. The van der Waals surface area contributed by atoms with Gasteiger partial charge in [-0.25, -0.2) is 4.68 Å². The molecular weight excluding hydrogens is 334 g/mol. The van der Waals surface area contributed by atoms with Gasteiger partial charge in [-0.2, -0.15) is 5.10 Å². The average molecular weight is 351 g/mol. The number of ether oxygens (including phenoxy) is 1. The zero-order valence-electron chi connectivity index (χ0n) is 14.8. The first kappa shape index (κ1) is 15.6. The summed E-state index contributed by atoms with van der Waals surface area (Å²) in [7, 11) is 1.68. The van der Waals surface area contributed by atoms with Crippen LogP contribution in [0.1, 0.15) is 0 Å². The quantitative estimate of drug-likeness (QED) is 0.446. The molecule has 5 aromatic rings. The van der Waals surface area contributed by atoms with Crippen LogP contribution in [0.15, 0.2) is 85.1 Å². The van der Waals surface area contributed by atoms with Crippen LogP contribution in [0.3, 0.4) is 0 Å². The predicted octanol–water partition coefficient (Wildman–Crippen LogP) is 5.25.